The second-order valence-corrected chi connectivity index (χ2v) is 5.76. The summed E-state index contributed by atoms with van der Waals surface area (Å²) in [5, 5.41) is 0. The molecule has 0 unspecified atom stereocenters. The molecular formula is C14H25N3O3. The van der Waals surface area contributed by atoms with Crippen LogP contribution in [0, 0.1) is 0 Å². The van der Waals surface area contributed by atoms with Gasteiger partial charge in [0.15, 0.2) is 0 Å². The van der Waals surface area contributed by atoms with Gasteiger partial charge in [-0.3, -0.25) is 14.6 Å². The highest BCUT2D eigenvalue weighted by molar-refractivity contribution is 6.06. The third-order valence-electron chi connectivity index (χ3n) is 4.71. The van der Waals surface area contributed by atoms with Crippen molar-refractivity contribution in [1.82, 2.24) is 14.7 Å². The number of likely N-dealkylation sites (N-methyl/N-ethyl adjacent to an activating group) is 2. The van der Waals surface area contributed by atoms with E-state index in [2.05, 4.69) is 11.8 Å². The second-order valence-electron chi connectivity index (χ2n) is 5.76. The van der Waals surface area contributed by atoms with Gasteiger partial charge in [0.1, 0.15) is 5.54 Å². The molecule has 3 amide bonds. The summed E-state index contributed by atoms with van der Waals surface area (Å²) in [4.78, 5) is 30.0. The number of methoxy groups -OCH3 is 1. The monoisotopic (exact) mass is 283 g/mol. The van der Waals surface area contributed by atoms with E-state index >= 15 is 0 Å². The van der Waals surface area contributed by atoms with E-state index in [-0.39, 0.29) is 11.9 Å². The zero-order valence-corrected chi connectivity index (χ0v) is 12.9. The molecule has 0 aromatic carbocycles. The molecule has 1 atom stereocenters. The van der Waals surface area contributed by atoms with Gasteiger partial charge < -0.3 is 9.64 Å². The first kappa shape index (κ1) is 15.3. The number of nitrogens with zero attached hydrogens (tertiary/aromatic N) is 3. The molecule has 20 heavy (non-hydrogen) atoms. The standard InChI is InChI=1S/C14H25N3O3/c1-5-17-13(19)15(3)12(18)14(17)6-8-16(9-7-14)11(2)10-20-4/h11H,5-10H2,1-4H3/t11-/m1/s1. The van der Waals surface area contributed by atoms with Crippen LogP contribution in [0.15, 0.2) is 0 Å². The zero-order chi connectivity index (χ0) is 14.9. The van der Waals surface area contributed by atoms with E-state index in [1.165, 1.54) is 4.90 Å². The Balaban J connectivity index is 2.11. The summed E-state index contributed by atoms with van der Waals surface area (Å²) in [5.41, 5.74) is -0.607. The van der Waals surface area contributed by atoms with Gasteiger partial charge in [-0.1, -0.05) is 0 Å². The van der Waals surface area contributed by atoms with Gasteiger partial charge in [-0.15, -0.1) is 0 Å². The van der Waals surface area contributed by atoms with Gasteiger partial charge >= 0.3 is 6.03 Å². The molecule has 0 aromatic rings. The predicted octanol–water partition coefficient (Wildman–Crippen LogP) is 0.770. The maximum atomic E-state index is 12.5. The van der Waals surface area contributed by atoms with Crippen molar-refractivity contribution in [2.24, 2.45) is 0 Å². The maximum Gasteiger partial charge on any atom is 0.327 e. The summed E-state index contributed by atoms with van der Waals surface area (Å²) >= 11 is 0. The summed E-state index contributed by atoms with van der Waals surface area (Å²) in [6.45, 7) is 7.00. The molecule has 1 spiro atoms. The molecule has 2 heterocycles. The van der Waals surface area contributed by atoms with Crippen molar-refractivity contribution in [3.63, 3.8) is 0 Å². The molecule has 0 radical (unpaired) electrons. The Kier molecular flexibility index (Phi) is 4.34. The highest BCUT2D eigenvalue weighted by Gasteiger charge is 2.56. The van der Waals surface area contributed by atoms with Crippen LogP contribution in [0.1, 0.15) is 26.7 Å². The number of amides is 3. The summed E-state index contributed by atoms with van der Waals surface area (Å²) in [6, 6.07) is 0.188. The molecule has 2 aliphatic heterocycles. The smallest absolute Gasteiger partial charge is 0.327 e. The van der Waals surface area contributed by atoms with Crippen LogP contribution in [0.4, 0.5) is 4.79 Å². The van der Waals surface area contributed by atoms with Crippen molar-refractivity contribution in [2.45, 2.75) is 38.3 Å². The van der Waals surface area contributed by atoms with Gasteiger partial charge in [-0.2, -0.15) is 0 Å². The van der Waals surface area contributed by atoms with Gasteiger partial charge in [-0.25, -0.2) is 4.79 Å². The maximum absolute atomic E-state index is 12.5. The van der Waals surface area contributed by atoms with Crippen LogP contribution in [0.2, 0.25) is 0 Å². The molecule has 2 rings (SSSR count). The average molecular weight is 283 g/mol. The van der Waals surface area contributed by atoms with E-state index in [4.69, 9.17) is 4.74 Å². The van der Waals surface area contributed by atoms with Crippen molar-refractivity contribution in [1.29, 1.82) is 0 Å². The van der Waals surface area contributed by atoms with Crippen LogP contribution in [-0.2, 0) is 9.53 Å². The average Bonchev–Trinajstić information content (AvgIpc) is 2.62. The van der Waals surface area contributed by atoms with Crippen LogP contribution in [0.3, 0.4) is 0 Å². The van der Waals surface area contributed by atoms with E-state index in [0.29, 0.717) is 32.0 Å². The first-order valence-electron chi connectivity index (χ1n) is 7.30. The lowest BCUT2D eigenvalue weighted by Gasteiger charge is -2.43. The third-order valence-corrected chi connectivity index (χ3v) is 4.71. The Bertz CT molecular complexity index is 391. The van der Waals surface area contributed by atoms with Gasteiger partial charge in [-0.05, 0) is 26.7 Å². The number of hydrogen-bond donors (Lipinski definition) is 0. The summed E-state index contributed by atoms with van der Waals surface area (Å²) < 4.78 is 5.19. The van der Waals surface area contributed by atoms with Crippen molar-refractivity contribution in [3.8, 4) is 0 Å². The first-order valence-corrected chi connectivity index (χ1v) is 7.30. The van der Waals surface area contributed by atoms with E-state index in [9.17, 15) is 9.59 Å². The summed E-state index contributed by atoms with van der Waals surface area (Å²) in [5.74, 6) is -0.0385. The summed E-state index contributed by atoms with van der Waals surface area (Å²) in [6.07, 6.45) is 1.42. The van der Waals surface area contributed by atoms with E-state index in [1.54, 1.807) is 19.1 Å². The largest absolute Gasteiger partial charge is 0.383 e. The molecule has 6 heteroatoms. The van der Waals surface area contributed by atoms with Crippen molar-refractivity contribution < 1.29 is 14.3 Å². The third kappa shape index (κ3) is 2.20. The Morgan fingerprint density at radius 1 is 1.30 bits per heavy atom. The minimum absolute atomic E-state index is 0.0385. The highest BCUT2D eigenvalue weighted by Crippen LogP contribution is 2.36. The topological polar surface area (TPSA) is 53.1 Å². The number of imide groups is 1. The number of urea groups is 1. The molecule has 0 saturated carbocycles. The SMILES string of the molecule is CCN1C(=O)N(C)C(=O)C12CCN([C@H](C)COC)CC2. The summed E-state index contributed by atoms with van der Waals surface area (Å²) in [7, 11) is 3.29. The van der Waals surface area contributed by atoms with Crippen molar-refractivity contribution in [2.75, 3.05) is 40.4 Å². The number of hydrogen-bond acceptors (Lipinski definition) is 4. The molecular weight excluding hydrogens is 258 g/mol. The highest BCUT2D eigenvalue weighted by atomic mass is 16.5. The van der Waals surface area contributed by atoms with Gasteiger partial charge in [0, 0.05) is 39.8 Å². The van der Waals surface area contributed by atoms with E-state index in [1.807, 2.05) is 6.92 Å². The molecule has 6 nitrogen and oxygen atoms in total. The lowest BCUT2D eigenvalue weighted by molar-refractivity contribution is -0.135. The van der Waals surface area contributed by atoms with Crippen LogP contribution < -0.4 is 0 Å². The molecule has 2 aliphatic rings. The minimum Gasteiger partial charge on any atom is -0.383 e. The predicted molar refractivity (Wildman–Crippen MR) is 75.4 cm³/mol. The Morgan fingerprint density at radius 2 is 1.90 bits per heavy atom. The van der Waals surface area contributed by atoms with E-state index in [0.717, 1.165) is 13.1 Å². The molecule has 0 aromatic heterocycles. The zero-order valence-electron chi connectivity index (χ0n) is 12.9. The number of likely N-dealkylation sites (tertiary alicyclic amines) is 1. The Hall–Kier alpha value is -1.14. The van der Waals surface area contributed by atoms with Crippen LogP contribution in [-0.4, -0.2) is 78.6 Å². The van der Waals surface area contributed by atoms with Gasteiger partial charge in [0.05, 0.1) is 6.61 Å². The van der Waals surface area contributed by atoms with E-state index < -0.39 is 5.54 Å². The molecule has 2 fully saturated rings. The number of carbonyl (C=O) groups is 2. The Labute approximate surface area is 120 Å². The second kappa shape index (κ2) is 5.69. The first-order chi connectivity index (χ1) is 9.47. The lowest BCUT2D eigenvalue weighted by atomic mass is 9.85. The van der Waals surface area contributed by atoms with Crippen LogP contribution in [0.5, 0.6) is 0 Å². The molecule has 2 saturated heterocycles. The fraction of sp³-hybridized carbons (Fsp3) is 0.857. The van der Waals surface area contributed by atoms with Gasteiger partial charge in [0.2, 0.25) is 0 Å². The lowest BCUT2D eigenvalue weighted by Crippen LogP contribution is -2.58. The fourth-order valence-corrected chi connectivity index (χ4v) is 3.48. The minimum atomic E-state index is -0.607. The fourth-order valence-electron chi connectivity index (χ4n) is 3.48. The molecule has 114 valence electrons. The quantitative estimate of drug-likeness (QED) is 0.715. The van der Waals surface area contributed by atoms with Crippen LogP contribution in [0.25, 0.3) is 0 Å². The molecule has 0 N–H and O–H groups in total. The molecule has 0 aliphatic carbocycles. The number of carbonyl (C=O) groups excluding carboxylic acids is 2. The number of ether oxygens (including phenoxy) is 1. The van der Waals surface area contributed by atoms with Crippen molar-refractivity contribution in [3.05, 3.63) is 0 Å². The number of rotatable bonds is 4. The normalized spacial score (nSPS) is 24.8. The van der Waals surface area contributed by atoms with Crippen LogP contribution >= 0.6 is 0 Å². The van der Waals surface area contributed by atoms with Gasteiger partial charge in [0.25, 0.3) is 5.91 Å². The Morgan fingerprint density at radius 3 is 2.40 bits per heavy atom. The van der Waals surface area contributed by atoms with Crippen molar-refractivity contribution >= 4 is 11.9 Å². The molecule has 0 bridgehead atoms. The number of piperidine rings is 1.